The maximum absolute atomic E-state index is 6.54. The zero-order chi connectivity index (χ0) is 11.6. The summed E-state index contributed by atoms with van der Waals surface area (Å²) >= 11 is 0. The third-order valence-corrected chi connectivity index (χ3v) is 6.20. The molecule has 0 N–H and O–H groups in total. The van der Waals surface area contributed by atoms with E-state index in [0.717, 1.165) is 6.42 Å². The van der Waals surface area contributed by atoms with E-state index in [1.807, 2.05) is 0 Å². The second kappa shape index (κ2) is 4.34. The zero-order valence-corrected chi connectivity index (χ0v) is 11.6. The van der Waals surface area contributed by atoms with Gasteiger partial charge < -0.3 is 4.43 Å². The second-order valence-electron chi connectivity index (χ2n) is 5.43. The number of hydrogen-bond donors (Lipinski definition) is 0. The molecule has 0 saturated carbocycles. The van der Waals surface area contributed by atoms with Gasteiger partial charge in [-0.2, -0.15) is 0 Å². The maximum Gasteiger partial charge on any atom is 0.188 e. The SMILES string of the molecule is CCC1(c2ccccc2)CCC[Si](C)(C)O1. The molecule has 1 unspecified atom stereocenters. The molecule has 1 aliphatic rings. The Morgan fingerprint density at radius 1 is 1.25 bits per heavy atom. The Morgan fingerprint density at radius 2 is 1.94 bits per heavy atom. The highest BCUT2D eigenvalue weighted by molar-refractivity contribution is 6.71. The van der Waals surface area contributed by atoms with Crippen LogP contribution >= 0.6 is 0 Å². The first-order valence-corrected chi connectivity index (χ1v) is 9.45. The highest BCUT2D eigenvalue weighted by Gasteiger charge is 2.41. The molecule has 2 rings (SSSR count). The molecule has 1 heterocycles. The van der Waals surface area contributed by atoms with E-state index in [9.17, 15) is 0 Å². The van der Waals surface area contributed by atoms with Crippen molar-refractivity contribution in [2.75, 3.05) is 0 Å². The van der Waals surface area contributed by atoms with Crippen LogP contribution in [0.1, 0.15) is 31.7 Å². The Balaban J connectivity index is 2.33. The van der Waals surface area contributed by atoms with E-state index in [2.05, 4.69) is 50.3 Å². The van der Waals surface area contributed by atoms with E-state index < -0.39 is 8.32 Å². The molecule has 1 nitrogen and oxygen atoms in total. The van der Waals surface area contributed by atoms with E-state index in [-0.39, 0.29) is 5.60 Å². The summed E-state index contributed by atoms with van der Waals surface area (Å²) in [5.74, 6) is 0. The summed E-state index contributed by atoms with van der Waals surface area (Å²) in [5.41, 5.74) is 1.38. The Labute approximate surface area is 100.0 Å². The van der Waals surface area contributed by atoms with Crippen molar-refractivity contribution in [1.29, 1.82) is 0 Å². The van der Waals surface area contributed by atoms with Crippen molar-refractivity contribution in [3.05, 3.63) is 35.9 Å². The molecule has 0 amide bonds. The highest BCUT2D eigenvalue weighted by atomic mass is 28.4. The maximum atomic E-state index is 6.54. The average molecular weight is 234 g/mol. The van der Waals surface area contributed by atoms with Crippen LogP contribution in [-0.4, -0.2) is 8.32 Å². The van der Waals surface area contributed by atoms with Gasteiger partial charge in [-0.1, -0.05) is 43.7 Å². The summed E-state index contributed by atoms with van der Waals surface area (Å²) in [6.07, 6.45) is 3.60. The van der Waals surface area contributed by atoms with Gasteiger partial charge in [-0.05, 0) is 37.5 Å². The van der Waals surface area contributed by atoms with Gasteiger partial charge >= 0.3 is 0 Å². The fourth-order valence-corrected chi connectivity index (χ4v) is 5.38. The molecule has 0 spiro atoms. The lowest BCUT2D eigenvalue weighted by molar-refractivity contribution is 0.0266. The molecule has 1 saturated heterocycles. The normalized spacial score (nSPS) is 28.9. The van der Waals surface area contributed by atoms with Crippen LogP contribution in [0.2, 0.25) is 19.1 Å². The summed E-state index contributed by atoms with van der Waals surface area (Å²) in [4.78, 5) is 0. The first-order valence-electron chi connectivity index (χ1n) is 6.34. The van der Waals surface area contributed by atoms with Crippen LogP contribution in [0.15, 0.2) is 30.3 Å². The molecule has 2 heteroatoms. The predicted octanol–water partition coefficient (Wildman–Crippen LogP) is 4.31. The molecular formula is C14H22OSi. The van der Waals surface area contributed by atoms with Gasteiger partial charge in [0.2, 0.25) is 0 Å². The van der Waals surface area contributed by atoms with E-state index >= 15 is 0 Å². The molecule has 1 aromatic carbocycles. The number of rotatable bonds is 2. The monoisotopic (exact) mass is 234 g/mol. The second-order valence-corrected chi connectivity index (χ2v) is 9.65. The topological polar surface area (TPSA) is 9.23 Å². The Bertz CT molecular complexity index is 347. The largest absolute Gasteiger partial charge is 0.408 e. The van der Waals surface area contributed by atoms with Gasteiger partial charge in [-0.3, -0.25) is 0 Å². The minimum absolute atomic E-state index is 0.00916. The van der Waals surface area contributed by atoms with Gasteiger partial charge in [0.1, 0.15) is 0 Å². The van der Waals surface area contributed by atoms with Crippen LogP contribution in [0, 0.1) is 0 Å². The first kappa shape index (κ1) is 11.9. The highest BCUT2D eigenvalue weighted by Crippen LogP contribution is 2.42. The molecule has 0 radical (unpaired) electrons. The smallest absolute Gasteiger partial charge is 0.188 e. The van der Waals surface area contributed by atoms with E-state index in [1.165, 1.54) is 24.4 Å². The van der Waals surface area contributed by atoms with Crippen LogP contribution in [0.25, 0.3) is 0 Å². The fourth-order valence-electron chi connectivity index (χ4n) is 2.83. The predicted molar refractivity (Wildman–Crippen MR) is 71.0 cm³/mol. The van der Waals surface area contributed by atoms with Crippen molar-refractivity contribution in [3.8, 4) is 0 Å². The van der Waals surface area contributed by atoms with Crippen molar-refractivity contribution in [1.82, 2.24) is 0 Å². The quantitative estimate of drug-likeness (QED) is 0.693. The van der Waals surface area contributed by atoms with Crippen LogP contribution in [0.4, 0.5) is 0 Å². The Morgan fingerprint density at radius 3 is 2.50 bits per heavy atom. The van der Waals surface area contributed by atoms with Crippen LogP contribution in [0.3, 0.4) is 0 Å². The summed E-state index contributed by atoms with van der Waals surface area (Å²) in [7, 11) is -1.43. The lowest BCUT2D eigenvalue weighted by Crippen LogP contribution is -2.46. The molecule has 1 atom stereocenters. The van der Waals surface area contributed by atoms with Crippen LogP contribution in [0.5, 0.6) is 0 Å². The van der Waals surface area contributed by atoms with Gasteiger partial charge in [-0.15, -0.1) is 0 Å². The molecule has 0 bridgehead atoms. The molecule has 1 aliphatic heterocycles. The van der Waals surface area contributed by atoms with Crippen LogP contribution in [-0.2, 0) is 10.0 Å². The minimum Gasteiger partial charge on any atom is -0.408 e. The average Bonchev–Trinajstić information content (AvgIpc) is 2.29. The molecule has 16 heavy (non-hydrogen) atoms. The van der Waals surface area contributed by atoms with Gasteiger partial charge in [0.05, 0.1) is 5.60 Å². The molecule has 0 aliphatic carbocycles. The summed E-state index contributed by atoms with van der Waals surface area (Å²) < 4.78 is 6.54. The minimum atomic E-state index is -1.43. The van der Waals surface area contributed by atoms with E-state index in [0.29, 0.717) is 0 Å². The summed E-state index contributed by atoms with van der Waals surface area (Å²) in [6, 6.07) is 12.1. The Kier molecular flexibility index (Phi) is 3.22. The fraction of sp³-hybridized carbons (Fsp3) is 0.571. The molecule has 1 aromatic rings. The van der Waals surface area contributed by atoms with E-state index in [1.54, 1.807) is 0 Å². The molecule has 0 aromatic heterocycles. The van der Waals surface area contributed by atoms with Crippen LogP contribution < -0.4 is 0 Å². The third-order valence-electron chi connectivity index (χ3n) is 3.70. The van der Waals surface area contributed by atoms with Gasteiger partial charge in [0.15, 0.2) is 8.32 Å². The van der Waals surface area contributed by atoms with Crippen molar-refractivity contribution in [3.63, 3.8) is 0 Å². The van der Waals surface area contributed by atoms with Crippen molar-refractivity contribution < 1.29 is 4.43 Å². The van der Waals surface area contributed by atoms with Gasteiger partial charge in [0.25, 0.3) is 0 Å². The first-order chi connectivity index (χ1) is 7.58. The summed E-state index contributed by atoms with van der Waals surface area (Å²) in [6.45, 7) is 6.95. The Hall–Kier alpha value is -0.603. The van der Waals surface area contributed by atoms with Gasteiger partial charge in [-0.25, -0.2) is 0 Å². The number of hydrogen-bond acceptors (Lipinski definition) is 1. The zero-order valence-electron chi connectivity index (χ0n) is 10.6. The lowest BCUT2D eigenvalue weighted by Gasteiger charge is -2.45. The van der Waals surface area contributed by atoms with Crippen molar-refractivity contribution in [2.45, 2.75) is 50.9 Å². The van der Waals surface area contributed by atoms with E-state index in [4.69, 9.17) is 4.43 Å². The molecule has 1 fully saturated rings. The lowest BCUT2D eigenvalue weighted by atomic mass is 9.87. The van der Waals surface area contributed by atoms with Gasteiger partial charge in [0, 0.05) is 0 Å². The van der Waals surface area contributed by atoms with Crippen molar-refractivity contribution >= 4 is 8.32 Å². The van der Waals surface area contributed by atoms with Crippen molar-refractivity contribution in [2.24, 2.45) is 0 Å². The molecule has 88 valence electrons. The number of benzene rings is 1. The standard InChI is InChI=1S/C14H22OSi/c1-4-14(13-9-6-5-7-10-13)11-8-12-16(2,3)15-14/h5-7,9-10H,4,8,11-12H2,1-3H3. The molecular weight excluding hydrogens is 212 g/mol. The summed E-state index contributed by atoms with van der Waals surface area (Å²) in [5, 5.41) is 0. The third kappa shape index (κ3) is 2.23.